The van der Waals surface area contributed by atoms with Crippen LogP contribution in [0.1, 0.15) is 6.42 Å². The Hall–Kier alpha value is -0.930. The van der Waals surface area contributed by atoms with E-state index in [4.69, 9.17) is 4.55 Å². The van der Waals surface area contributed by atoms with Crippen molar-refractivity contribution in [3.63, 3.8) is 0 Å². The van der Waals surface area contributed by atoms with Gasteiger partial charge in [0.25, 0.3) is 20.1 Å². The Morgan fingerprint density at radius 2 is 1.87 bits per heavy atom. The summed E-state index contributed by atoms with van der Waals surface area (Å²) in [6.45, 7) is 0. The normalized spacial score (nSPS) is 12.9. The molecule has 0 unspecified atom stereocenters. The topological polar surface area (TPSA) is 106 Å². The molecule has 9 heteroatoms. The maximum Gasteiger partial charge on any atom is 0.264 e. The summed E-state index contributed by atoms with van der Waals surface area (Å²) in [5.74, 6) is -0.956. The summed E-state index contributed by atoms with van der Waals surface area (Å²) in [6.07, 6.45) is 2.39. The van der Waals surface area contributed by atoms with Crippen LogP contribution >= 0.6 is 0 Å². The molecule has 0 spiro atoms. The lowest BCUT2D eigenvalue weighted by Crippen LogP contribution is -2.19. The smallest absolute Gasteiger partial charge is 0.264 e. The van der Waals surface area contributed by atoms with Crippen LogP contribution < -0.4 is 0 Å². The van der Waals surface area contributed by atoms with Gasteiger partial charge in [-0.05, 0) is 12.5 Å². The average molecular weight is 254 g/mol. The molecule has 0 aliphatic rings. The van der Waals surface area contributed by atoms with Gasteiger partial charge in [0.15, 0.2) is 0 Å². The van der Waals surface area contributed by atoms with Crippen LogP contribution in [0.25, 0.3) is 0 Å². The van der Waals surface area contributed by atoms with Crippen molar-refractivity contribution in [3.05, 3.63) is 18.5 Å². The molecule has 7 nitrogen and oxygen atoms in total. The first kappa shape index (κ1) is 12.1. The van der Waals surface area contributed by atoms with Crippen LogP contribution in [0.5, 0.6) is 0 Å². The van der Waals surface area contributed by atoms with E-state index in [0.29, 0.717) is 0 Å². The van der Waals surface area contributed by atoms with Gasteiger partial charge in [-0.25, -0.2) is 8.42 Å². The quantitative estimate of drug-likeness (QED) is 0.699. The van der Waals surface area contributed by atoms with E-state index in [1.165, 1.54) is 18.5 Å². The van der Waals surface area contributed by atoms with Gasteiger partial charge < -0.3 is 0 Å². The molecule has 15 heavy (non-hydrogen) atoms. The molecule has 0 fully saturated rings. The fourth-order valence-corrected chi connectivity index (χ4v) is 2.78. The molecular weight excluding hydrogens is 244 g/mol. The Labute approximate surface area is 87.5 Å². The van der Waals surface area contributed by atoms with E-state index in [9.17, 15) is 16.8 Å². The number of aromatic nitrogens is 2. The van der Waals surface area contributed by atoms with Gasteiger partial charge in [0.1, 0.15) is 0 Å². The SMILES string of the molecule is O=S(=O)(O)CCCS(=O)(=O)n1cccn1. The van der Waals surface area contributed by atoms with Crippen molar-refractivity contribution >= 4 is 20.1 Å². The van der Waals surface area contributed by atoms with Gasteiger partial charge in [-0.1, -0.05) is 0 Å². The highest BCUT2D eigenvalue weighted by Gasteiger charge is 2.14. The second-order valence-corrected chi connectivity index (χ2v) is 6.35. The van der Waals surface area contributed by atoms with E-state index in [2.05, 4.69) is 5.10 Å². The van der Waals surface area contributed by atoms with Gasteiger partial charge in [-0.2, -0.15) is 17.6 Å². The van der Waals surface area contributed by atoms with Gasteiger partial charge in [-0.15, -0.1) is 0 Å². The van der Waals surface area contributed by atoms with Crippen molar-refractivity contribution in [2.45, 2.75) is 6.42 Å². The van der Waals surface area contributed by atoms with Crippen LogP contribution in [0, 0.1) is 0 Å². The van der Waals surface area contributed by atoms with Crippen LogP contribution in [0.15, 0.2) is 18.5 Å². The second-order valence-electron chi connectivity index (χ2n) is 2.83. The average Bonchev–Trinajstić information content (AvgIpc) is 2.52. The number of rotatable bonds is 5. The minimum Gasteiger partial charge on any atom is -0.286 e. The van der Waals surface area contributed by atoms with Crippen LogP contribution in [-0.4, -0.2) is 42.1 Å². The van der Waals surface area contributed by atoms with E-state index in [0.717, 1.165) is 4.09 Å². The molecule has 0 aliphatic carbocycles. The molecule has 1 heterocycles. The molecule has 0 amide bonds. The lowest BCUT2D eigenvalue weighted by Gasteiger charge is -2.02. The fourth-order valence-electron chi connectivity index (χ4n) is 0.937. The molecule has 0 atom stereocenters. The largest absolute Gasteiger partial charge is 0.286 e. The van der Waals surface area contributed by atoms with Crippen molar-refractivity contribution in [1.82, 2.24) is 9.19 Å². The van der Waals surface area contributed by atoms with Gasteiger partial charge in [0, 0.05) is 6.20 Å². The van der Waals surface area contributed by atoms with Gasteiger partial charge >= 0.3 is 0 Å². The molecule has 1 N–H and O–H groups in total. The molecule has 1 aromatic rings. The van der Waals surface area contributed by atoms with Crippen LogP contribution in [0.3, 0.4) is 0 Å². The molecule has 86 valence electrons. The summed E-state index contributed by atoms with van der Waals surface area (Å²) >= 11 is 0. The zero-order valence-electron chi connectivity index (χ0n) is 7.64. The molecule has 0 saturated carbocycles. The van der Waals surface area contributed by atoms with Crippen molar-refractivity contribution in [2.75, 3.05) is 11.5 Å². The Balaban J connectivity index is 2.60. The highest BCUT2D eigenvalue weighted by Crippen LogP contribution is 1.99. The first-order valence-corrected chi connectivity index (χ1v) is 7.21. The molecule has 0 radical (unpaired) electrons. The minimum absolute atomic E-state index is 0.166. The van der Waals surface area contributed by atoms with E-state index < -0.39 is 25.9 Å². The first-order chi connectivity index (χ1) is 6.81. The Kier molecular flexibility index (Phi) is 3.47. The summed E-state index contributed by atoms with van der Waals surface area (Å²) in [5.41, 5.74) is 0. The molecule has 1 rings (SSSR count). The summed E-state index contributed by atoms with van der Waals surface area (Å²) in [5, 5.41) is 3.52. The van der Waals surface area contributed by atoms with Crippen molar-refractivity contribution in [1.29, 1.82) is 0 Å². The van der Waals surface area contributed by atoms with Crippen LogP contribution in [-0.2, 0) is 20.1 Å². The number of nitrogens with zero attached hydrogens (tertiary/aromatic N) is 2. The van der Waals surface area contributed by atoms with Gasteiger partial charge in [0.05, 0.1) is 17.7 Å². The summed E-state index contributed by atoms with van der Waals surface area (Å²) in [4.78, 5) is 0. The highest BCUT2D eigenvalue weighted by molar-refractivity contribution is 7.89. The molecule has 0 saturated heterocycles. The Morgan fingerprint density at radius 3 is 2.33 bits per heavy atom. The Bertz CT molecular complexity index is 502. The van der Waals surface area contributed by atoms with E-state index >= 15 is 0 Å². The number of hydrogen-bond acceptors (Lipinski definition) is 5. The molecule has 0 bridgehead atoms. The summed E-state index contributed by atoms with van der Waals surface area (Å²) in [7, 11) is -7.72. The van der Waals surface area contributed by atoms with Crippen molar-refractivity contribution in [2.24, 2.45) is 0 Å². The predicted octanol–water partition coefficient (Wildman–Crippen LogP) is -0.661. The fraction of sp³-hybridized carbons (Fsp3) is 0.500. The molecular formula is C6H10N2O5S2. The third-order valence-corrected chi connectivity index (χ3v) is 3.96. The Morgan fingerprint density at radius 1 is 1.20 bits per heavy atom. The zero-order valence-corrected chi connectivity index (χ0v) is 9.28. The monoisotopic (exact) mass is 254 g/mol. The van der Waals surface area contributed by atoms with Crippen molar-refractivity contribution in [3.8, 4) is 0 Å². The van der Waals surface area contributed by atoms with Crippen LogP contribution in [0.2, 0.25) is 0 Å². The minimum atomic E-state index is -4.11. The van der Waals surface area contributed by atoms with Crippen molar-refractivity contribution < 1.29 is 21.4 Å². The van der Waals surface area contributed by atoms with E-state index in [1.54, 1.807) is 0 Å². The van der Waals surface area contributed by atoms with E-state index in [-0.39, 0.29) is 12.2 Å². The third-order valence-electron chi connectivity index (χ3n) is 1.57. The zero-order chi connectivity index (χ0) is 11.5. The highest BCUT2D eigenvalue weighted by atomic mass is 32.2. The van der Waals surface area contributed by atoms with Crippen LogP contribution in [0.4, 0.5) is 0 Å². The molecule has 0 aromatic carbocycles. The van der Waals surface area contributed by atoms with Gasteiger partial charge in [-0.3, -0.25) is 4.55 Å². The summed E-state index contributed by atoms with van der Waals surface area (Å²) < 4.78 is 52.7. The van der Waals surface area contributed by atoms with E-state index in [1.807, 2.05) is 0 Å². The second kappa shape index (κ2) is 4.29. The first-order valence-electron chi connectivity index (χ1n) is 3.99. The lowest BCUT2D eigenvalue weighted by molar-refractivity contribution is 0.482. The maximum absolute atomic E-state index is 11.4. The lowest BCUT2D eigenvalue weighted by atomic mass is 10.6. The third kappa shape index (κ3) is 3.98. The maximum atomic E-state index is 11.4. The molecule has 1 aromatic heterocycles. The molecule has 0 aliphatic heterocycles. The number of hydrogen-bond donors (Lipinski definition) is 1. The standard InChI is InChI=1S/C6H10N2O5S2/c9-14(10,8-4-1-3-7-8)5-2-6-15(11,12)13/h1,3-4H,2,5-6H2,(H,11,12,13). The van der Waals surface area contributed by atoms with Gasteiger partial charge in [0.2, 0.25) is 0 Å². The summed E-state index contributed by atoms with van der Waals surface area (Å²) in [6, 6.07) is 1.44. The predicted molar refractivity (Wildman–Crippen MR) is 52.4 cm³/mol.